The standard InChI is InChI=1S/C19H21F2NO/c1-3-7-17(14-8-5-4-6-9-14)19(23)22-13(2)16-11-10-15(20)12-18(16)21/h4-6,8-13,17H,3,7H2,1-2H3,(H,22,23). The predicted octanol–water partition coefficient (Wildman–Crippen LogP) is 4.73. The van der Waals surface area contributed by atoms with Gasteiger partial charge >= 0.3 is 0 Å². The highest BCUT2D eigenvalue weighted by Gasteiger charge is 2.22. The van der Waals surface area contributed by atoms with Crippen molar-refractivity contribution in [3.8, 4) is 0 Å². The summed E-state index contributed by atoms with van der Waals surface area (Å²) in [4.78, 5) is 12.6. The van der Waals surface area contributed by atoms with E-state index in [4.69, 9.17) is 0 Å². The van der Waals surface area contributed by atoms with Gasteiger partial charge in [0, 0.05) is 11.6 Å². The molecule has 0 radical (unpaired) electrons. The third kappa shape index (κ3) is 4.38. The first kappa shape index (κ1) is 17.1. The van der Waals surface area contributed by atoms with Gasteiger partial charge in [-0.1, -0.05) is 49.7 Å². The van der Waals surface area contributed by atoms with Gasteiger partial charge in [0.1, 0.15) is 11.6 Å². The number of halogens is 2. The number of nitrogens with one attached hydrogen (secondary N) is 1. The normalized spacial score (nSPS) is 13.4. The van der Waals surface area contributed by atoms with Crippen molar-refractivity contribution in [1.29, 1.82) is 0 Å². The van der Waals surface area contributed by atoms with Crippen LogP contribution < -0.4 is 5.32 Å². The number of rotatable bonds is 6. The lowest BCUT2D eigenvalue weighted by atomic mass is 9.93. The van der Waals surface area contributed by atoms with Gasteiger partial charge in [0.15, 0.2) is 0 Å². The van der Waals surface area contributed by atoms with Gasteiger partial charge in [-0.05, 0) is 25.0 Å². The molecule has 1 amide bonds. The first-order valence-electron chi connectivity index (χ1n) is 7.83. The van der Waals surface area contributed by atoms with E-state index in [-0.39, 0.29) is 17.4 Å². The highest BCUT2D eigenvalue weighted by atomic mass is 19.1. The highest BCUT2D eigenvalue weighted by Crippen LogP contribution is 2.24. The third-order valence-corrected chi connectivity index (χ3v) is 3.88. The summed E-state index contributed by atoms with van der Waals surface area (Å²) in [7, 11) is 0. The number of hydrogen-bond acceptors (Lipinski definition) is 1. The average Bonchev–Trinajstić information content (AvgIpc) is 2.53. The quantitative estimate of drug-likeness (QED) is 0.820. The molecule has 4 heteroatoms. The summed E-state index contributed by atoms with van der Waals surface area (Å²) in [5.41, 5.74) is 1.22. The summed E-state index contributed by atoms with van der Waals surface area (Å²) in [5, 5.41) is 2.84. The van der Waals surface area contributed by atoms with Crippen LogP contribution in [-0.4, -0.2) is 5.91 Å². The molecule has 0 aliphatic heterocycles. The number of benzene rings is 2. The maximum Gasteiger partial charge on any atom is 0.228 e. The van der Waals surface area contributed by atoms with E-state index in [0.717, 1.165) is 18.1 Å². The molecule has 0 saturated heterocycles. The molecule has 0 spiro atoms. The largest absolute Gasteiger partial charge is 0.349 e. The van der Waals surface area contributed by atoms with Crippen LogP contribution in [0.15, 0.2) is 48.5 Å². The van der Waals surface area contributed by atoms with Crippen molar-refractivity contribution in [3.05, 3.63) is 71.3 Å². The molecule has 2 atom stereocenters. The molecule has 0 aliphatic carbocycles. The van der Waals surface area contributed by atoms with Crippen LogP contribution in [0.25, 0.3) is 0 Å². The molecule has 0 heterocycles. The summed E-state index contributed by atoms with van der Waals surface area (Å²) in [6.45, 7) is 3.72. The zero-order valence-electron chi connectivity index (χ0n) is 13.4. The van der Waals surface area contributed by atoms with Gasteiger partial charge in [-0.25, -0.2) is 8.78 Å². The molecule has 2 aromatic carbocycles. The summed E-state index contributed by atoms with van der Waals surface area (Å²) in [5.74, 6) is -1.69. The second-order valence-electron chi connectivity index (χ2n) is 5.65. The fraction of sp³-hybridized carbons (Fsp3) is 0.316. The molecule has 122 valence electrons. The Morgan fingerprint density at radius 3 is 2.43 bits per heavy atom. The predicted molar refractivity (Wildman–Crippen MR) is 87.0 cm³/mol. The average molecular weight is 317 g/mol. The smallest absolute Gasteiger partial charge is 0.228 e. The topological polar surface area (TPSA) is 29.1 Å². The van der Waals surface area contributed by atoms with Crippen molar-refractivity contribution >= 4 is 5.91 Å². The molecule has 2 nitrogen and oxygen atoms in total. The van der Waals surface area contributed by atoms with Crippen LogP contribution in [-0.2, 0) is 4.79 Å². The van der Waals surface area contributed by atoms with E-state index in [1.165, 1.54) is 12.1 Å². The zero-order chi connectivity index (χ0) is 16.8. The summed E-state index contributed by atoms with van der Waals surface area (Å²) < 4.78 is 26.8. The summed E-state index contributed by atoms with van der Waals surface area (Å²) in [6.07, 6.45) is 1.58. The minimum atomic E-state index is -0.649. The van der Waals surface area contributed by atoms with Crippen molar-refractivity contribution < 1.29 is 13.6 Å². The molecule has 0 aliphatic rings. The molecule has 2 unspecified atom stereocenters. The van der Waals surface area contributed by atoms with E-state index in [2.05, 4.69) is 5.32 Å². The van der Waals surface area contributed by atoms with Crippen LogP contribution in [0.5, 0.6) is 0 Å². The fourth-order valence-electron chi connectivity index (χ4n) is 2.67. The van der Waals surface area contributed by atoms with Crippen LogP contribution in [0.3, 0.4) is 0 Å². The molecule has 2 rings (SSSR count). The SMILES string of the molecule is CCCC(C(=O)NC(C)c1ccc(F)cc1F)c1ccccc1. The number of hydrogen-bond donors (Lipinski definition) is 1. The second-order valence-corrected chi connectivity index (χ2v) is 5.65. The molecule has 2 aromatic rings. The maximum atomic E-state index is 13.8. The zero-order valence-corrected chi connectivity index (χ0v) is 13.4. The Kier molecular flexibility index (Phi) is 5.85. The van der Waals surface area contributed by atoms with Crippen LogP contribution in [0.2, 0.25) is 0 Å². The van der Waals surface area contributed by atoms with Crippen LogP contribution in [0.4, 0.5) is 8.78 Å². The van der Waals surface area contributed by atoms with Crippen molar-refractivity contribution in [3.63, 3.8) is 0 Å². The van der Waals surface area contributed by atoms with Crippen LogP contribution >= 0.6 is 0 Å². The first-order valence-corrected chi connectivity index (χ1v) is 7.83. The van der Waals surface area contributed by atoms with E-state index in [1.807, 2.05) is 37.3 Å². The van der Waals surface area contributed by atoms with Crippen LogP contribution in [0.1, 0.15) is 49.8 Å². The van der Waals surface area contributed by atoms with Gasteiger partial charge in [-0.15, -0.1) is 0 Å². The fourth-order valence-corrected chi connectivity index (χ4v) is 2.67. The Labute approximate surface area is 135 Å². The first-order chi connectivity index (χ1) is 11.0. The summed E-state index contributed by atoms with van der Waals surface area (Å²) >= 11 is 0. The van der Waals surface area contributed by atoms with Gasteiger partial charge in [0.25, 0.3) is 0 Å². The monoisotopic (exact) mass is 317 g/mol. The van der Waals surface area contributed by atoms with Crippen molar-refractivity contribution in [2.45, 2.75) is 38.6 Å². The Morgan fingerprint density at radius 2 is 1.83 bits per heavy atom. The lowest BCUT2D eigenvalue weighted by molar-refractivity contribution is -0.123. The molecule has 23 heavy (non-hydrogen) atoms. The van der Waals surface area contributed by atoms with Crippen molar-refractivity contribution in [2.24, 2.45) is 0 Å². The molecule has 1 N–H and O–H groups in total. The van der Waals surface area contributed by atoms with E-state index in [1.54, 1.807) is 6.92 Å². The lowest BCUT2D eigenvalue weighted by Crippen LogP contribution is -2.32. The van der Waals surface area contributed by atoms with Gasteiger partial charge in [-0.3, -0.25) is 4.79 Å². The van der Waals surface area contributed by atoms with E-state index in [9.17, 15) is 13.6 Å². The minimum absolute atomic E-state index is 0.144. The van der Waals surface area contributed by atoms with Crippen molar-refractivity contribution in [1.82, 2.24) is 5.32 Å². The molecule has 0 saturated carbocycles. The van der Waals surface area contributed by atoms with E-state index in [0.29, 0.717) is 6.42 Å². The molecule has 0 fully saturated rings. The molecule has 0 aromatic heterocycles. The molecule has 0 bridgehead atoms. The Hall–Kier alpha value is -2.23. The third-order valence-electron chi connectivity index (χ3n) is 3.88. The number of carbonyl (C=O) groups excluding carboxylic acids is 1. The molecular formula is C19H21F2NO. The van der Waals surface area contributed by atoms with Crippen LogP contribution in [0, 0.1) is 11.6 Å². The van der Waals surface area contributed by atoms with Gasteiger partial charge in [0.2, 0.25) is 5.91 Å². The van der Waals surface area contributed by atoms with Gasteiger partial charge in [-0.2, -0.15) is 0 Å². The van der Waals surface area contributed by atoms with E-state index < -0.39 is 17.7 Å². The Bertz CT molecular complexity index is 658. The second kappa shape index (κ2) is 7.86. The highest BCUT2D eigenvalue weighted by molar-refractivity contribution is 5.84. The van der Waals surface area contributed by atoms with Gasteiger partial charge in [0.05, 0.1) is 12.0 Å². The minimum Gasteiger partial charge on any atom is -0.349 e. The Balaban J connectivity index is 2.15. The molecular weight excluding hydrogens is 296 g/mol. The number of amides is 1. The van der Waals surface area contributed by atoms with Crippen molar-refractivity contribution in [2.75, 3.05) is 0 Å². The lowest BCUT2D eigenvalue weighted by Gasteiger charge is -2.21. The number of carbonyl (C=O) groups is 1. The van der Waals surface area contributed by atoms with E-state index >= 15 is 0 Å². The van der Waals surface area contributed by atoms with Gasteiger partial charge < -0.3 is 5.32 Å². The Morgan fingerprint density at radius 1 is 1.13 bits per heavy atom. The maximum absolute atomic E-state index is 13.8. The summed E-state index contributed by atoms with van der Waals surface area (Å²) in [6, 6.07) is 12.4.